The first kappa shape index (κ1) is 22.2. The SMILES string of the molecule is NC(=O)c1ccsc1NC(=O)COC(=O)C=Cc1cn(-c2ccccc2)nc1-c1cccs1. The van der Waals surface area contributed by atoms with E-state index >= 15 is 0 Å². The van der Waals surface area contributed by atoms with Crippen LogP contribution in [0.4, 0.5) is 5.00 Å². The van der Waals surface area contributed by atoms with E-state index < -0.39 is 24.4 Å². The average Bonchev–Trinajstić information content (AvgIpc) is 3.57. The molecule has 0 saturated heterocycles. The second-order valence-corrected chi connectivity index (χ2v) is 8.57. The van der Waals surface area contributed by atoms with E-state index in [9.17, 15) is 14.4 Å². The van der Waals surface area contributed by atoms with Gasteiger partial charge in [-0.25, -0.2) is 9.48 Å². The van der Waals surface area contributed by atoms with E-state index in [2.05, 4.69) is 10.4 Å². The molecule has 1 aromatic carbocycles. The maximum atomic E-state index is 12.2. The fraction of sp³-hybridized carbons (Fsp3) is 0.0435. The fourth-order valence-electron chi connectivity index (χ4n) is 2.93. The fourth-order valence-corrected chi connectivity index (χ4v) is 4.47. The molecule has 3 N–H and O–H groups in total. The number of nitrogens with zero attached hydrogens (tertiary/aromatic N) is 2. The molecule has 0 spiro atoms. The van der Waals surface area contributed by atoms with Crippen LogP contribution in [0.3, 0.4) is 0 Å². The van der Waals surface area contributed by atoms with E-state index in [1.54, 1.807) is 27.5 Å². The lowest BCUT2D eigenvalue weighted by Crippen LogP contribution is -2.21. The Balaban J connectivity index is 1.43. The maximum absolute atomic E-state index is 12.2. The number of hydrogen-bond donors (Lipinski definition) is 2. The number of carbonyl (C=O) groups excluding carboxylic acids is 3. The number of carbonyl (C=O) groups is 3. The minimum Gasteiger partial charge on any atom is -0.452 e. The highest BCUT2D eigenvalue weighted by Gasteiger charge is 2.14. The molecule has 0 fully saturated rings. The lowest BCUT2D eigenvalue weighted by atomic mass is 10.2. The van der Waals surface area contributed by atoms with Gasteiger partial charge >= 0.3 is 5.97 Å². The topological polar surface area (TPSA) is 116 Å². The molecule has 10 heteroatoms. The van der Waals surface area contributed by atoms with Crippen molar-refractivity contribution in [1.82, 2.24) is 9.78 Å². The summed E-state index contributed by atoms with van der Waals surface area (Å²) in [6.45, 7) is -0.500. The average molecular weight is 479 g/mol. The molecule has 4 aromatic rings. The number of para-hydroxylation sites is 1. The zero-order chi connectivity index (χ0) is 23.2. The summed E-state index contributed by atoms with van der Waals surface area (Å²) in [4.78, 5) is 36.5. The first-order chi connectivity index (χ1) is 16.0. The van der Waals surface area contributed by atoms with Gasteiger partial charge in [0, 0.05) is 17.8 Å². The summed E-state index contributed by atoms with van der Waals surface area (Å²) >= 11 is 2.69. The molecule has 2 amide bonds. The number of amides is 2. The molecule has 166 valence electrons. The molecule has 0 bridgehead atoms. The van der Waals surface area contributed by atoms with Crippen LogP contribution in [0.5, 0.6) is 0 Å². The van der Waals surface area contributed by atoms with Crippen LogP contribution in [0, 0.1) is 0 Å². The maximum Gasteiger partial charge on any atom is 0.331 e. The zero-order valence-corrected chi connectivity index (χ0v) is 18.8. The van der Waals surface area contributed by atoms with Gasteiger partial charge in [-0.05, 0) is 41.1 Å². The van der Waals surface area contributed by atoms with E-state index in [1.807, 2.05) is 54.0 Å². The summed E-state index contributed by atoms with van der Waals surface area (Å²) in [6, 6.07) is 15.0. The lowest BCUT2D eigenvalue weighted by Gasteiger charge is -2.04. The van der Waals surface area contributed by atoms with Gasteiger partial charge in [-0.1, -0.05) is 24.3 Å². The molecular weight excluding hydrogens is 460 g/mol. The van der Waals surface area contributed by atoms with E-state index in [-0.39, 0.29) is 5.56 Å². The third kappa shape index (κ3) is 5.43. The summed E-state index contributed by atoms with van der Waals surface area (Å²) in [5.41, 5.74) is 7.80. The zero-order valence-electron chi connectivity index (χ0n) is 17.1. The highest BCUT2D eigenvalue weighted by molar-refractivity contribution is 7.14. The highest BCUT2D eigenvalue weighted by atomic mass is 32.1. The largest absolute Gasteiger partial charge is 0.452 e. The van der Waals surface area contributed by atoms with Crippen molar-refractivity contribution in [2.45, 2.75) is 0 Å². The number of rotatable bonds is 8. The first-order valence-corrected chi connectivity index (χ1v) is 11.5. The summed E-state index contributed by atoms with van der Waals surface area (Å²) in [5.74, 6) is -1.90. The minimum absolute atomic E-state index is 0.205. The predicted molar refractivity (Wildman–Crippen MR) is 128 cm³/mol. The normalized spacial score (nSPS) is 10.9. The quantitative estimate of drug-likeness (QED) is 0.294. The van der Waals surface area contributed by atoms with E-state index in [0.717, 1.165) is 33.2 Å². The van der Waals surface area contributed by atoms with Crippen LogP contribution < -0.4 is 11.1 Å². The van der Waals surface area contributed by atoms with Crippen molar-refractivity contribution in [3.05, 3.63) is 82.7 Å². The molecule has 0 aliphatic carbocycles. The number of nitrogens with one attached hydrogen (secondary N) is 1. The monoisotopic (exact) mass is 478 g/mol. The molecule has 0 saturated carbocycles. The van der Waals surface area contributed by atoms with Gasteiger partial charge in [0.25, 0.3) is 11.8 Å². The Hall–Kier alpha value is -4.02. The number of nitrogens with two attached hydrogens (primary N) is 1. The van der Waals surface area contributed by atoms with Gasteiger partial charge < -0.3 is 15.8 Å². The minimum atomic E-state index is -0.684. The van der Waals surface area contributed by atoms with Crippen molar-refractivity contribution in [3.63, 3.8) is 0 Å². The van der Waals surface area contributed by atoms with E-state index in [4.69, 9.17) is 10.5 Å². The lowest BCUT2D eigenvalue weighted by molar-refractivity contribution is -0.142. The number of primary amides is 1. The second-order valence-electron chi connectivity index (χ2n) is 6.71. The van der Waals surface area contributed by atoms with Crippen LogP contribution in [-0.2, 0) is 14.3 Å². The molecule has 3 heterocycles. The second kappa shape index (κ2) is 10.1. The van der Waals surface area contributed by atoms with Crippen molar-refractivity contribution in [2.75, 3.05) is 11.9 Å². The molecule has 3 aromatic heterocycles. The first-order valence-electron chi connectivity index (χ1n) is 9.72. The Bertz CT molecular complexity index is 1310. The Morgan fingerprint density at radius 1 is 1.06 bits per heavy atom. The van der Waals surface area contributed by atoms with Gasteiger partial charge in [-0.2, -0.15) is 5.10 Å². The smallest absolute Gasteiger partial charge is 0.331 e. The molecule has 8 nitrogen and oxygen atoms in total. The van der Waals surface area contributed by atoms with Crippen molar-refractivity contribution in [3.8, 4) is 16.3 Å². The van der Waals surface area contributed by atoms with Gasteiger partial charge in [0.05, 0.1) is 16.1 Å². The number of ether oxygens (including phenoxy) is 1. The number of thiophene rings is 2. The van der Waals surface area contributed by atoms with E-state index in [0.29, 0.717) is 5.00 Å². The molecule has 0 aliphatic rings. The van der Waals surface area contributed by atoms with Gasteiger partial charge in [-0.15, -0.1) is 22.7 Å². The summed E-state index contributed by atoms with van der Waals surface area (Å²) in [7, 11) is 0. The van der Waals surface area contributed by atoms with Crippen LogP contribution in [0.2, 0.25) is 0 Å². The number of hydrogen-bond acceptors (Lipinski definition) is 7. The van der Waals surface area contributed by atoms with Crippen molar-refractivity contribution < 1.29 is 19.1 Å². The molecular formula is C23H18N4O4S2. The standard InChI is InChI=1S/C23H18N4O4S2/c24-22(30)17-10-12-33-23(17)25-19(28)14-31-20(29)9-8-15-13-27(16-5-2-1-3-6-16)26-21(15)18-7-4-11-32-18/h1-13H,14H2,(H2,24,30)(H,25,28). The van der Waals surface area contributed by atoms with Crippen molar-refractivity contribution in [1.29, 1.82) is 0 Å². The van der Waals surface area contributed by atoms with Crippen LogP contribution in [-0.4, -0.2) is 34.2 Å². The van der Waals surface area contributed by atoms with Crippen LogP contribution in [0.1, 0.15) is 15.9 Å². The number of esters is 1. The molecule has 0 atom stereocenters. The third-order valence-electron chi connectivity index (χ3n) is 4.45. The molecule has 0 unspecified atom stereocenters. The molecule has 4 rings (SSSR count). The number of aromatic nitrogens is 2. The molecule has 33 heavy (non-hydrogen) atoms. The Labute approximate surface area is 196 Å². The Morgan fingerprint density at radius 2 is 1.88 bits per heavy atom. The van der Waals surface area contributed by atoms with E-state index in [1.165, 1.54) is 12.1 Å². The van der Waals surface area contributed by atoms with Crippen molar-refractivity contribution in [2.24, 2.45) is 5.73 Å². The predicted octanol–water partition coefficient (Wildman–Crippen LogP) is 3.96. The Morgan fingerprint density at radius 3 is 2.61 bits per heavy atom. The van der Waals surface area contributed by atoms with Gasteiger partial charge in [0.1, 0.15) is 10.7 Å². The van der Waals surface area contributed by atoms with Crippen LogP contribution in [0.15, 0.2) is 71.6 Å². The van der Waals surface area contributed by atoms with Gasteiger partial charge in [0.2, 0.25) is 0 Å². The van der Waals surface area contributed by atoms with Gasteiger partial charge in [-0.3, -0.25) is 9.59 Å². The number of benzene rings is 1. The van der Waals surface area contributed by atoms with Crippen molar-refractivity contribution >= 4 is 51.5 Å². The third-order valence-corrected chi connectivity index (χ3v) is 6.15. The number of anilines is 1. The highest BCUT2D eigenvalue weighted by Crippen LogP contribution is 2.28. The Kier molecular flexibility index (Phi) is 6.77. The summed E-state index contributed by atoms with van der Waals surface area (Å²) in [6.07, 6.45) is 4.67. The molecule has 0 aliphatic heterocycles. The summed E-state index contributed by atoms with van der Waals surface area (Å²) < 4.78 is 6.76. The molecule has 0 radical (unpaired) electrons. The van der Waals surface area contributed by atoms with Crippen LogP contribution >= 0.6 is 22.7 Å². The summed E-state index contributed by atoms with van der Waals surface area (Å²) in [5, 5.41) is 11.1. The van der Waals surface area contributed by atoms with Crippen LogP contribution in [0.25, 0.3) is 22.3 Å². The van der Waals surface area contributed by atoms with Gasteiger partial charge in [0.15, 0.2) is 6.61 Å².